The first-order valence-electron chi connectivity index (χ1n) is 14.1. The molecule has 0 amide bonds. The van der Waals surface area contributed by atoms with E-state index in [0.29, 0.717) is 58.3 Å². The largest absolute Gasteiger partial charge is 0.614 e. The molecular weight excluding hydrogens is 561 g/mol. The molecule has 43 heavy (non-hydrogen) atoms. The number of fused-ring (bicyclic) bond motifs is 1. The van der Waals surface area contributed by atoms with Crippen molar-refractivity contribution >= 4 is 34.4 Å². The van der Waals surface area contributed by atoms with Crippen molar-refractivity contribution in [3.05, 3.63) is 134 Å². The van der Waals surface area contributed by atoms with Crippen LogP contribution in [0, 0.1) is 11.0 Å². The van der Waals surface area contributed by atoms with Crippen molar-refractivity contribution in [2.75, 3.05) is 27.2 Å². The smallest absolute Gasteiger partial charge is 0.340 e. The van der Waals surface area contributed by atoms with Crippen LogP contribution in [-0.2, 0) is 12.8 Å². The van der Waals surface area contributed by atoms with Crippen LogP contribution in [0.4, 0.5) is 4.39 Å². The lowest BCUT2D eigenvalue weighted by Gasteiger charge is -2.43. The number of likely N-dealkylation sites (N-methyl/N-ethyl adjacent to an activating group) is 1. The van der Waals surface area contributed by atoms with Gasteiger partial charge in [0.05, 0.1) is 24.2 Å². The van der Waals surface area contributed by atoms with E-state index in [-0.39, 0.29) is 18.2 Å². The van der Waals surface area contributed by atoms with Crippen LogP contribution in [0.1, 0.15) is 28.6 Å². The number of allylic oxidation sites excluding steroid dienone is 1. The number of pyridine rings is 1. The lowest BCUT2D eigenvalue weighted by atomic mass is 9.95. The van der Waals surface area contributed by atoms with E-state index in [9.17, 15) is 4.39 Å². The number of hydrogen-bond donors (Lipinski definition) is 0. The Morgan fingerprint density at radius 1 is 1.00 bits per heavy atom. The fourth-order valence-corrected chi connectivity index (χ4v) is 6.28. The summed E-state index contributed by atoms with van der Waals surface area (Å²) in [5.41, 5.74) is 5.26. The third-order valence-electron chi connectivity index (χ3n) is 7.79. The SMILES string of the molecule is COc1cccc(C2=C(C)C(Cc3ccccc3F)=NC3=NC(c4cccs4)=C(CN(C)CCc4ccccn4)[N+]32[O-])c1. The quantitative estimate of drug-likeness (QED) is 0.147. The van der Waals surface area contributed by atoms with Gasteiger partial charge in [0.2, 0.25) is 0 Å². The maximum Gasteiger partial charge on any atom is 0.340 e. The molecule has 2 aromatic heterocycles. The van der Waals surface area contributed by atoms with Crippen LogP contribution < -0.4 is 4.74 Å². The molecule has 0 aliphatic carbocycles. The number of ether oxygens (including phenoxy) is 1. The number of aliphatic imine (C=N–C) groups is 2. The van der Waals surface area contributed by atoms with Crippen LogP contribution in [0.3, 0.4) is 0 Å². The highest BCUT2D eigenvalue weighted by atomic mass is 32.1. The van der Waals surface area contributed by atoms with Crippen LogP contribution in [-0.4, -0.2) is 53.4 Å². The van der Waals surface area contributed by atoms with Crippen LogP contribution in [0.5, 0.6) is 5.75 Å². The molecule has 0 fully saturated rings. The standard InChI is InChI=1S/C34H32FN5O2S/c1-23-29(21-24-10-4-5-14-28(24)35)37-34-38-32(31-15-9-19-43-31)30(22-39(2)18-16-26-12-6-7-17-36-26)40(34,41)33(23)25-11-8-13-27(20-25)42-3/h4-15,17,19-20H,16,18,21-22H2,1-3H3. The normalized spacial score (nSPS) is 18.2. The number of aromatic nitrogens is 1. The van der Waals surface area contributed by atoms with Gasteiger partial charge >= 0.3 is 5.96 Å². The maximum absolute atomic E-state index is 15.6. The minimum atomic E-state index is -0.916. The second kappa shape index (κ2) is 12.1. The average molecular weight is 594 g/mol. The molecule has 4 heterocycles. The molecule has 0 bridgehead atoms. The molecule has 9 heteroatoms. The van der Waals surface area contributed by atoms with Crippen molar-refractivity contribution in [3.63, 3.8) is 0 Å². The molecule has 0 N–H and O–H groups in total. The van der Waals surface area contributed by atoms with Gasteiger partial charge in [-0.15, -0.1) is 11.3 Å². The van der Waals surface area contributed by atoms with Crippen LogP contribution in [0.2, 0.25) is 0 Å². The summed E-state index contributed by atoms with van der Waals surface area (Å²) >= 11 is 1.54. The highest BCUT2D eigenvalue weighted by Gasteiger charge is 2.48. The van der Waals surface area contributed by atoms with E-state index in [2.05, 4.69) is 9.88 Å². The predicted octanol–water partition coefficient (Wildman–Crippen LogP) is 6.95. The summed E-state index contributed by atoms with van der Waals surface area (Å²) in [4.78, 5) is 17.3. The first-order valence-corrected chi connectivity index (χ1v) is 15.0. The summed E-state index contributed by atoms with van der Waals surface area (Å²) in [6.45, 7) is 2.97. The van der Waals surface area contributed by atoms with E-state index in [0.717, 1.165) is 17.0 Å². The van der Waals surface area contributed by atoms with E-state index in [4.69, 9.17) is 14.7 Å². The van der Waals surface area contributed by atoms with Gasteiger partial charge in [0, 0.05) is 42.4 Å². The summed E-state index contributed by atoms with van der Waals surface area (Å²) in [5.74, 6) is 0.457. The highest BCUT2D eigenvalue weighted by molar-refractivity contribution is 7.11. The molecule has 4 aromatic rings. The van der Waals surface area contributed by atoms with Crippen molar-refractivity contribution < 1.29 is 13.8 Å². The Balaban J connectivity index is 1.47. The molecule has 7 nitrogen and oxygen atoms in total. The van der Waals surface area contributed by atoms with Crippen LogP contribution >= 0.6 is 11.3 Å². The number of thiophene rings is 1. The minimum Gasteiger partial charge on any atom is -0.614 e. The molecule has 0 saturated heterocycles. The van der Waals surface area contributed by atoms with Gasteiger partial charge in [-0.25, -0.2) is 9.04 Å². The Morgan fingerprint density at radius 2 is 1.84 bits per heavy atom. The predicted molar refractivity (Wildman–Crippen MR) is 171 cm³/mol. The van der Waals surface area contributed by atoms with E-state index in [1.54, 1.807) is 31.5 Å². The van der Waals surface area contributed by atoms with Crippen molar-refractivity contribution in [3.8, 4) is 5.75 Å². The lowest BCUT2D eigenvalue weighted by Crippen LogP contribution is -2.48. The number of methoxy groups -OCH3 is 1. The first-order chi connectivity index (χ1) is 20.9. The Labute approximate surface area is 254 Å². The first kappa shape index (κ1) is 28.8. The highest BCUT2D eigenvalue weighted by Crippen LogP contribution is 2.47. The van der Waals surface area contributed by atoms with E-state index in [1.165, 1.54) is 17.4 Å². The van der Waals surface area contributed by atoms with Gasteiger partial charge in [0.15, 0.2) is 11.4 Å². The maximum atomic E-state index is 15.6. The molecule has 1 atom stereocenters. The monoisotopic (exact) mass is 593 g/mol. The summed E-state index contributed by atoms with van der Waals surface area (Å²) in [5, 5.41) is 17.6. The van der Waals surface area contributed by atoms with E-state index >= 15 is 5.21 Å². The molecule has 218 valence electrons. The van der Waals surface area contributed by atoms with Crippen molar-refractivity contribution in [1.82, 2.24) is 9.88 Å². The van der Waals surface area contributed by atoms with Crippen LogP contribution in [0.15, 0.2) is 112 Å². The van der Waals surface area contributed by atoms with Crippen LogP contribution in [0.25, 0.3) is 11.4 Å². The number of guanidine groups is 1. The zero-order valence-electron chi connectivity index (χ0n) is 24.3. The number of rotatable bonds is 10. The molecule has 0 spiro atoms. The molecule has 2 aliphatic heterocycles. The van der Waals surface area contributed by atoms with E-state index in [1.807, 2.05) is 73.9 Å². The number of benzene rings is 2. The Bertz CT molecular complexity index is 1760. The van der Waals surface area contributed by atoms with Gasteiger partial charge < -0.3 is 9.94 Å². The van der Waals surface area contributed by atoms with Gasteiger partial charge in [-0.05, 0) is 67.4 Å². The molecule has 0 radical (unpaired) electrons. The lowest BCUT2D eigenvalue weighted by molar-refractivity contribution is -0.665. The van der Waals surface area contributed by atoms with Gasteiger partial charge in [-0.1, -0.05) is 36.4 Å². The van der Waals surface area contributed by atoms with Crippen molar-refractivity contribution in [2.24, 2.45) is 9.98 Å². The third-order valence-corrected chi connectivity index (χ3v) is 8.67. The van der Waals surface area contributed by atoms with Crippen molar-refractivity contribution in [2.45, 2.75) is 19.8 Å². The molecule has 1 unspecified atom stereocenters. The van der Waals surface area contributed by atoms with Crippen molar-refractivity contribution in [1.29, 1.82) is 0 Å². The molecule has 2 aromatic carbocycles. The average Bonchev–Trinajstić information content (AvgIpc) is 3.65. The summed E-state index contributed by atoms with van der Waals surface area (Å²) in [7, 11) is 3.61. The van der Waals surface area contributed by atoms with Gasteiger partial charge in [0.25, 0.3) is 0 Å². The topological polar surface area (TPSA) is 73.1 Å². The molecular formula is C34H32FN5O2S. The number of hydrogen-bond acceptors (Lipinski definition) is 7. The summed E-state index contributed by atoms with van der Waals surface area (Å²) in [6.07, 6.45) is 2.77. The van der Waals surface area contributed by atoms with Gasteiger partial charge in [0.1, 0.15) is 17.3 Å². The Morgan fingerprint density at radius 3 is 2.58 bits per heavy atom. The number of hydroxylamine groups is 3. The number of nitrogens with zero attached hydrogens (tertiary/aromatic N) is 5. The number of quaternary nitrogens is 1. The zero-order chi connectivity index (χ0) is 30.0. The Hall–Kier alpha value is -4.28. The second-order valence-corrected chi connectivity index (χ2v) is 11.6. The zero-order valence-corrected chi connectivity index (χ0v) is 25.1. The third kappa shape index (κ3) is 5.60. The van der Waals surface area contributed by atoms with E-state index < -0.39 is 4.65 Å². The molecule has 6 rings (SSSR count). The second-order valence-electron chi connectivity index (χ2n) is 10.6. The fourth-order valence-electron chi connectivity index (χ4n) is 5.55. The van der Waals surface area contributed by atoms with Gasteiger partial charge in [-0.2, -0.15) is 9.98 Å². The summed E-state index contributed by atoms with van der Waals surface area (Å²) in [6, 6.07) is 24.0. The molecule has 2 aliphatic rings. The minimum absolute atomic E-state index is 0.131. The number of halogens is 1. The Kier molecular flexibility index (Phi) is 8.14. The van der Waals surface area contributed by atoms with Gasteiger partial charge in [-0.3, -0.25) is 9.88 Å². The summed E-state index contributed by atoms with van der Waals surface area (Å²) < 4.78 is 19.4. The fraction of sp³-hybridized carbons (Fsp3) is 0.206. The molecule has 0 saturated carbocycles.